The van der Waals surface area contributed by atoms with Gasteiger partial charge in [-0.15, -0.1) is 0 Å². The Kier molecular flexibility index (Phi) is 4.44. The van der Waals surface area contributed by atoms with Gasteiger partial charge >= 0.3 is 0 Å². The Morgan fingerprint density at radius 2 is 2.05 bits per heavy atom. The monoisotopic (exact) mass is 274 g/mol. The maximum atomic E-state index is 13.8. The van der Waals surface area contributed by atoms with E-state index >= 15 is 0 Å². The second-order valence-corrected chi connectivity index (χ2v) is 4.70. The summed E-state index contributed by atoms with van der Waals surface area (Å²) in [5, 5.41) is 2.92. The van der Waals surface area contributed by atoms with Crippen molar-refractivity contribution in [3.05, 3.63) is 35.1 Å². The van der Waals surface area contributed by atoms with Crippen LogP contribution in [-0.4, -0.2) is 44.8 Å². The smallest absolute Gasteiger partial charge is 0.194 e. The minimum absolute atomic E-state index is 0.0849. The molecule has 0 amide bonds. The average Bonchev–Trinajstić information content (AvgIpc) is 2.40. The van der Waals surface area contributed by atoms with Gasteiger partial charge in [0.1, 0.15) is 0 Å². The van der Waals surface area contributed by atoms with Gasteiger partial charge in [0.05, 0.1) is 18.8 Å². The van der Waals surface area contributed by atoms with Crippen molar-refractivity contribution in [2.45, 2.75) is 12.1 Å². The summed E-state index contributed by atoms with van der Waals surface area (Å²) in [5.74, 6) is -3.78. The third-order valence-corrected chi connectivity index (χ3v) is 3.38. The number of nitrogens with zero attached hydrogens (tertiary/aromatic N) is 1. The molecule has 1 heterocycles. The van der Waals surface area contributed by atoms with Gasteiger partial charge in [0.2, 0.25) is 0 Å². The van der Waals surface area contributed by atoms with E-state index in [1.165, 1.54) is 6.07 Å². The number of nitrogens with one attached hydrogen (secondary N) is 1. The van der Waals surface area contributed by atoms with Gasteiger partial charge < -0.3 is 15.0 Å². The fourth-order valence-electron chi connectivity index (χ4n) is 2.34. The largest absolute Gasteiger partial charge is 0.374 e. The normalized spacial score (nSPS) is 22.5. The van der Waals surface area contributed by atoms with Crippen LogP contribution in [0, 0.1) is 17.5 Å². The number of benzene rings is 1. The van der Waals surface area contributed by atoms with E-state index in [1.54, 1.807) is 7.05 Å². The fourth-order valence-corrected chi connectivity index (χ4v) is 2.34. The summed E-state index contributed by atoms with van der Waals surface area (Å²) in [5.41, 5.74) is 0.0849. The molecular formula is C13H17F3N2O. The van der Waals surface area contributed by atoms with E-state index in [0.29, 0.717) is 13.2 Å². The first-order valence-corrected chi connectivity index (χ1v) is 6.15. The maximum absolute atomic E-state index is 13.8. The van der Waals surface area contributed by atoms with Crippen molar-refractivity contribution in [1.82, 2.24) is 10.2 Å². The second-order valence-electron chi connectivity index (χ2n) is 4.70. The van der Waals surface area contributed by atoms with Crippen LogP contribution in [0.15, 0.2) is 12.1 Å². The summed E-state index contributed by atoms with van der Waals surface area (Å²) in [7, 11) is 3.58. The molecule has 0 saturated carbocycles. The summed E-state index contributed by atoms with van der Waals surface area (Å²) >= 11 is 0. The third-order valence-electron chi connectivity index (χ3n) is 3.38. The molecule has 1 fully saturated rings. The Labute approximate surface area is 110 Å². The van der Waals surface area contributed by atoms with Crippen LogP contribution in [0.2, 0.25) is 0 Å². The highest BCUT2D eigenvalue weighted by atomic mass is 19.2. The summed E-state index contributed by atoms with van der Waals surface area (Å²) in [6, 6.07) is 1.68. The van der Waals surface area contributed by atoms with Crippen LogP contribution in [0.25, 0.3) is 0 Å². The predicted octanol–water partition coefficient (Wildman–Crippen LogP) is 1.70. The lowest BCUT2D eigenvalue weighted by atomic mass is 9.99. The molecule has 19 heavy (non-hydrogen) atoms. The molecule has 1 aliphatic rings. The first-order valence-electron chi connectivity index (χ1n) is 6.15. The molecule has 1 N–H and O–H groups in total. The number of rotatable bonds is 3. The minimum atomic E-state index is -1.44. The molecule has 1 aliphatic heterocycles. The molecule has 1 aromatic rings. The van der Waals surface area contributed by atoms with Crippen molar-refractivity contribution < 1.29 is 17.9 Å². The molecule has 0 aromatic heterocycles. The molecule has 106 valence electrons. The lowest BCUT2D eigenvalue weighted by molar-refractivity contribution is -0.0386. The fraction of sp³-hybridized carbons (Fsp3) is 0.538. The molecule has 1 aromatic carbocycles. The van der Waals surface area contributed by atoms with Crippen molar-refractivity contribution in [1.29, 1.82) is 0 Å². The van der Waals surface area contributed by atoms with Crippen LogP contribution in [0.1, 0.15) is 11.6 Å². The Morgan fingerprint density at radius 1 is 1.32 bits per heavy atom. The minimum Gasteiger partial charge on any atom is -0.374 e. The summed E-state index contributed by atoms with van der Waals surface area (Å²) in [4.78, 5) is 2.05. The zero-order valence-corrected chi connectivity index (χ0v) is 10.9. The van der Waals surface area contributed by atoms with Gasteiger partial charge in [-0.1, -0.05) is 6.07 Å². The Morgan fingerprint density at radius 3 is 2.68 bits per heavy atom. The van der Waals surface area contributed by atoms with Crippen molar-refractivity contribution in [3.8, 4) is 0 Å². The number of hydrogen-bond acceptors (Lipinski definition) is 3. The highest BCUT2D eigenvalue weighted by molar-refractivity contribution is 5.25. The van der Waals surface area contributed by atoms with E-state index in [9.17, 15) is 13.2 Å². The van der Waals surface area contributed by atoms with Gasteiger partial charge in [-0.25, -0.2) is 13.2 Å². The van der Waals surface area contributed by atoms with Crippen LogP contribution in [0.4, 0.5) is 13.2 Å². The molecule has 6 heteroatoms. The lowest BCUT2D eigenvalue weighted by Gasteiger charge is -2.35. The average molecular weight is 274 g/mol. The standard InChI is InChI=1S/C13H17F3N2O/c1-17-13(10-7-18(2)5-6-19-10)8-3-4-9(14)12(16)11(8)15/h3-4,10,13,17H,5-7H2,1-2H3. The second kappa shape index (κ2) is 5.90. The summed E-state index contributed by atoms with van der Waals surface area (Å²) < 4.78 is 45.7. The van der Waals surface area contributed by atoms with E-state index in [0.717, 1.165) is 12.6 Å². The first-order chi connectivity index (χ1) is 9.04. The number of likely N-dealkylation sites (N-methyl/N-ethyl adjacent to an activating group) is 2. The van der Waals surface area contributed by atoms with Gasteiger partial charge in [-0.3, -0.25) is 0 Å². The van der Waals surface area contributed by atoms with Crippen LogP contribution in [-0.2, 0) is 4.74 Å². The van der Waals surface area contributed by atoms with Gasteiger partial charge in [-0.2, -0.15) is 0 Å². The van der Waals surface area contributed by atoms with Crippen LogP contribution in [0.3, 0.4) is 0 Å². The first kappa shape index (κ1) is 14.3. The predicted molar refractivity (Wildman–Crippen MR) is 65.4 cm³/mol. The van der Waals surface area contributed by atoms with Gasteiger partial charge in [0.15, 0.2) is 17.5 Å². The van der Waals surface area contributed by atoms with Gasteiger partial charge in [0.25, 0.3) is 0 Å². The quantitative estimate of drug-likeness (QED) is 0.849. The van der Waals surface area contributed by atoms with Crippen LogP contribution < -0.4 is 5.32 Å². The Hall–Kier alpha value is -1.11. The Bertz CT molecular complexity index is 456. The number of hydrogen-bond donors (Lipinski definition) is 1. The molecule has 0 aliphatic carbocycles. The molecule has 1 saturated heterocycles. The van der Waals surface area contributed by atoms with Gasteiger partial charge in [-0.05, 0) is 20.2 Å². The molecule has 2 unspecified atom stereocenters. The van der Waals surface area contributed by atoms with Crippen molar-refractivity contribution in [3.63, 3.8) is 0 Å². The molecule has 3 nitrogen and oxygen atoms in total. The SMILES string of the molecule is CNC(c1ccc(F)c(F)c1F)C1CN(C)CCO1. The van der Waals surface area contributed by atoms with Crippen LogP contribution >= 0.6 is 0 Å². The topological polar surface area (TPSA) is 24.5 Å². The molecule has 0 bridgehead atoms. The third kappa shape index (κ3) is 2.91. The molecule has 2 atom stereocenters. The molecule has 0 radical (unpaired) electrons. The highest BCUT2D eigenvalue weighted by Gasteiger charge is 2.30. The molecular weight excluding hydrogens is 257 g/mol. The van der Waals surface area contributed by atoms with Crippen molar-refractivity contribution in [2.75, 3.05) is 33.8 Å². The number of ether oxygens (including phenoxy) is 1. The number of halogens is 3. The number of morpholine rings is 1. The van der Waals surface area contributed by atoms with E-state index in [1.807, 2.05) is 7.05 Å². The molecule has 2 rings (SSSR count). The van der Waals surface area contributed by atoms with E-state index in [-0.39, 0.29) is 11.7 Å². The molecule has 0 spiro atoms. The van der Waals surface area contributed by atoms with Gasteiger partial charge in [0, 0.05) is 18.7 Å². The summed E-state index contributed by atoms with van der Waals surface area (Å²) in [6.07, 6.45) is -0.303. The van der Waals surface area contributed by atoms with Crippen molar-refractivity contribution in [2.24, 2.45) is 0 Å². The van der Waals surface area contributed by atoms with E-state index in [4.69, 9.17) is 4.74 Å². The van der Waals surface area contributed by atoms with Crippen molar-refractivity contribution >= 4 is 0 Å². The zero-order chi connectivity index (χ0) is 14.0. The highest BCUT2D eigenvalue weighted by Crippen LogP contribution is 2.26. The van der Waals surface area contributed by atoms with Crippen LogP contribution in [0.5, 0.6) is 0 Å². The zero-order valence-electron chi connectivity index (χ0n) is 10.9. The lowest BCUT2D eigenvalue weighted by Crippen LogP contribution is -2.46. The maximum Gasteiger partial charge on any atom is 0.194 e. The van der Waals surface area contributed by atoms with E-state index in [2.05, 4.69) is 10.2 Å². The summed E-state index contributed by atoms with van der Waals surface area (Å²) in [6.45, 7) is 1.93. The van der Waals surface area contributed by atoms with E-state index < -0.39 is 23.5 Å². The Balaban J connectivity index is 2.29.